The van der Waals surface area contributed by atoms with Gasteiger partial charge in [0.1, 0.15) is 11.3 Å². The van der Waals surface area contributed by atoms with Gasteiger partial charge in [-0.25, -0.2) is 9.97 Å². The minimum absolute atomic E-state index is 0.143. The number of anilines is 2. The molecule has 0 fully saturated rings. The highest BCUT2D eigenvalue weighted by atomic mass is 16.3. The minimum Gasteiger partial charge on any atom is -0.506 e. The topological polar surface area (TPSA) is 58.0 Å². The van der Waals surface area contributed by atoms with E-state index >= 15 is 0 Å². The molecule has 0 bridgehead atoms. The van der Waals surface area contributed by atoms with E-state index in [1.165, 1.54) is 0 Å². The summed E-state index contributed by atoms with van der Waals surface area (Å²) in [5.74, 6) is 0.598. The van der Waals surface area contributed by atoms with Crippen LogP contribution in [-0.4, -0.2) is 15.1 Å². The second-order valence-electron chi connectivity index (χ2n) is 5.48. The summed E-state index contributed by atoms with van der Waals surface area (Å²) in [5, 5.41) is 14.3. The number of nitrogens with one attached hydrogen (secondary N) is 1. The number of nitrogens with zero attached hydrogens (tertiary/aromatic N) is 2. The standard InChI is InChI=1S/C20H15N3O/c24-18-12-15(14-7-3-1-4-8-14)11-16-13-21-20(23-19(16)18)22-17-9-5-2-6-10-17/h1-13,24H,(H,21,22,23). The first-order valence-electron chi connectivity index (χ1n) is 7.67. The highest BCUT2D eigenvalue weighted by Crippen LogP contribution is 2.31. The number of hydrogen-bond donors (Lipinski definition) is 2. The lowest BCUT2D eigenvalue weighted by molar-refractivity contribution is 0.480. The van der Waals surface area contributed by atoms with E-state index < -0.39 is 0 Å². The predicted molar refractivity (Wildman–Crippen MR) is 96.4 cm³/mol. The maximum atomic E-state index is 10.4. The Hall–Kier alpha value is -3.40. The fraction of sp³-hybridized carbons (Fsp3) is 0. The Balaban J connectivity index is 1.74. The normalized spacial score (nSPS) is 10.7. The van der Waals surface area contributed by atoms with Crippen LogP contribution in [-0.2, 0) is 0 Å². The summed E-state index contributed by atoms with van der Waals surface area (Å²) in [7, 11) is 0. The lowest BCUT2D eigenvalue weighted by atomic mass is 10.0. The molecule has 0 unspecified atom stereocenters. The van der Waals surface area contributed by atoms with Gasteiger partial charge in [-0.1, -0.05) is 48.5 Å². The summed E-state index contributed by atoms with van der Waals surface area (Å²) < 4.78 is 0. The second kappa shape index (κ2) is 6.01. The van der Waals surface area contributed by atoms with Crippen molar-refractivity contribution in [2.24, 2.45) is 0 Å². The fourth-order valence-electron chi connectivity index (χ4n) is 2.63. The van der Waals surface area contributed by atoms with Gasteiger partial charge in [-0.15, -0.1) is 0 Å². The Kier molecular flexibility index (Phi) is 3.56. The zero-order valence-corrected chi connectivity index (χ0v) is 12.8. The molecule has 0 aliphatic heterocycles. The predicted octanol–water partition coefficient (Wildman–Crippen LogP) is 4.75. The molecule has 0 aliphatic carbocycles. The van der Waals surface area contributed by atoms with Crippen LogP contribution >= 0.6 is 0 Å². The van der Waals surface area contributed by atoms with E-state index in [1.807, 2.05) is 66.7 Å². The molecule has 0 saturated heterocycles. The smallest absolute Gasteiger partial charge is 0.227 e. The summed E-state index contributed by atoms with van der Waals surface area (Å²) in [4.78, 5) is 8.78. The van der Waals surface area contributed by atoms with E-state index in [1.54, 1.807) is 12.3 Å². The van der Waals surface area contributed by atoms with E-state index in [0.29, 0.717) is 11.5 Å². The Bertz CT molecular complexity index is 986. The molecule has 0 spiro atoms. The van der Waals surface area contributed by atoms with Gasteiger partial charge in [0.25, 0.3) is 0 Å². The Morgan fingerprint density at radius 3 is 2.25 bits per heavy atom. The van der Waals surface area contributed by atoms with Gasteiger partial charge >= 0.3 is 0 Å². The first-order chi connectivity index (χ1) is 11.8. The SMILES string of the molecule is Oc1cc(-c2ccccc2)cc2cnc(Nc3ccccc3)nc12. The van der Waals surface area contributed by atoms with Crippen LogP contribution < -0.4 is 5.32 Å². The minimum atomic E-state index is 0.143. The summed E-state index contributed by atoms with van der Waals surface area (Å²) >= 11 is 0. The number of rotatable bonds is 3. The van der Waals surface area contributed by atoms with Crippen LogP contribution in [0.25, 0.3) is 22.0 Å². The van der Waals surface area contributed by atoms with Gasteiger partial charge in [0.2, 0.25) is 5.95 Å². The van der Waals surface area contributed by atoms with Crippen LogP contribution in [0.5, 0.6) is 5.75 Å². The summed E-state index contributed by atoms with van der Waals surface area (Å²) in [6.07, 6.45) is 1.72. The molecule has 4 rings (SSSR count). The summed E-state index contributed by atoms with van der Waals surface area (Å²) in [6, 6.07) is 23.3. The van der Waals surface area contributed by atoms with Crippen molar-refractivity contribution in [1.29, 1.82) is 0 Å². The van der Waals surface area contributed by atoms with Crippen LogP contribution in [0.4, 0.5) is 11.6 Å². The van der Waals surface area contributed by atoms with Crippen molar-refractivity contribution >= 4 is 22.5 Å². The molecule has 116 valence electrons. The molecule has 4 aromatic rings. The quantitative estimate of drug-likeness (QED) is 0.573. The van der Waals surface area contributed by atoms with Gasteiger partial charge in [-0.2, -0.15) is 0 Å². The highest BCUT2D eigenvalue weighted by Gasteiger charge is 2.08. The monoisotopic (exact) mass is 313 g/mol. The number of phenols is 1. The van der Waals surface area contributed by atoms with E-state index in [2.05, 4.69) is 15.3 Å². The number of aromatic hydroxyl groups is 1. The van der Waals surface area contributed by atoms with Crippen molar-refractivity contribution in [3.8, 4) is 16.9 Å². The molecule has 0 aliphatic rings. The first kappa shape index (κ1) is 14.2. The van der Waals surface area contributed by atoms with Gasteiger partial charge in [0, 0.05) is 17.3 Å². The van der Waals surface area contributed by atoms with Crippen LogP contribution in [0, 0.1) is 0 Å². The van der Waals surface area contributed by atoms with Gasteiger partial charge < -0.3 is 10.4 Å². The maximum absolute atomic E-state index is 10.4. The molecule has 24 heavy (non-hydrogen) atoms. The third-order valence-electron chi connectivity index (χ3n) is 3.80. The van der Waals surface area contributed by atoms with Crippen LogP contribution in [0.2, 0.25) is 0 Å². The molecule has 1 heterocycles. The van der Waals surface area contributed by atoms with Crippen molar-refractivity contribution in [3.63, 3.8) is 0 Å². The zero-order valence-electron chi connectivity index (χ0n) is 12.8. The number of aromatic nitrogens is 2. The van der Waals surface area contributed by atoms with Crippen molar-refractivity contribution in [2.45, 2.75) is 0 Å². The first-order valence-corrected chi connectivity index (χ1v) is 7.67. The largest absolute Gasteiger partial charge is 0.506 e. The number of phenolic OH excluding ortho intramolecular Hbond substituents is 1. The van der Waals surface area contributed by atoms with Gasteiger partial charge in [0.05, 0.1) is 0 Å². The number of hydrogen-bond acceptors (Lipinski definition) is 4. The molecule has 0 amide bonds. The average molecular weight is 313 g/mol. The molecule has 1 aromatic heterocycles. The molecule has 2 N–H and O–H groups in total. The lowest BCUT2D eigenvalue weighted by Crippen LogP contribution is -1.97. The van der Waals surface area contributed by atoms with Crippen molar-refractivity contribution in [3.05, 3.63) is 79.0 Å². The van der Waals surface area contributed by atoms with Crippen molar-refractivity contribution in [1.82, 2.24) is 9.97 Å². The van der Waals surface area contributed by atoms with Gasteiger partial charge in [0.15, 0.2) is 0 Å². The Labute approximate surface area is 139 Å². The number of benzene rings is 3. The van der Waals surface area contributed by atoms with E-state index in [0.717, 1.165) is 22.2 Å². The maximum Gasteiger partial charge on any atom is 0.227 e. The third-order valence-corrected chi connectivity index (χ3v) is 3.80. The van der Waals surface area contributed by atoms with E-state index in [-0.39, 0.29) is 5.75 Å². The summed E-state index contributed by atoms with van der Waals surface area (Å²) in [5.41, 5.74) is 3.41. The van der Waals surface area contributed by atoms with E-state index in [9.17, 15) is 5.11 Å². The molecular weight excluding hydrogens is 298 g/mol. The third kappa shape index (κ3) is 2.77. The highest BCUT2D eigenvalue weighted by molar-refractivity contribution is 5.89. The van der Waals surface area contributed by atoms with Gasteiger partial charge in [-0.05, 0) is 35.4 Å². The molecular formula is C20H15N3O. The number of para-hydroxylation sites is 1. The lowest BCUT2D eigenvalue weighted by Gasteiger charge is -2.08. The molecule has 0 atom stereocenters. The van der Waals surface area contributed by atoms with Crippen molar-refractivity contribution < 1.29 is 5.11 Å². The molecule has 0 saturated carbocycles. The van der Waals surface area contributed by atoms with Crippen molar-refractivity contribution in [2.75, 3.05) is 5.32 Å². The molecule has 0 radical (unpaired) electrons. The molecule has 4 nitrogen and oxygen atoms in total. The van der Waals surface area contributed by atoms with Gasteiger partial charge in [-0.3, -0.25) is 0 Å². The Morgan fingerprint density at radius 1 is 0.792 bits per heavy atom. The summed E-state index contributed by atoms with van der Waals surface area (Å²) in [6.45, 7) is 0. The fourth-order valence-corrected chi connectivity index (χ4v) is 2.63. The molecule has 3 aromatic carbocycles. The van der Waals surface area contributed by atoms with Crippen LogP contribution in [0.3, 0.4) is 0 Å². The van der Waals surface area contributed by atoms with E-state index in [4.69, 9.17) is 0 Å². The van der Waals surface area contributed by atoms with Crippen LogP contribution in [0.15, 0.2) is 79.0 Å². The number of fused-ring (bicyclic) bond motifs is 1. The Morgan fingerprint density at radius 2 is 1.50 bits per heavy atom. The van der Waals surface area contributed by atoms with Crippen LogP contribution in [0.1, 0.15) is 0 Å². The second-order valence-corrected chi connectivity index (χ2v) is 5.48. The average Bonchev–Trinajstić information content (AvgIpc) is 2.64. The molecule has 4 heteroatoms. The zero-order chi connectivity index (χ0) is 16.4.